The first-order valence-electron chi connectivity index (χ1n) is 6.55. The molecule has 1 saturated heterocycles. The Hall–Kier alpha value is -1.36. The summed E-state index contributed by atoms with van der Waals surface area (Å²) in [4.78, 5) is 14.4. The van der Waals surface area contributed by atoms with E-state index in [0.717, 1.165) is 43.7 Å². The standard InChI is InChI=1S/C13H21N3O2/c1-9-12(10(2)15-14-9)13(18)16-6-3-4-11(8-16)5-7-17/h11,17H,3-8H2,1-2H3,(H,14,15). The second-order valence-corrected chi connectivity index (χ2v) is 5.08. The Bertz CT molecular complexity index is 406. The van der Waals surface area contributed by atoms with Crippen molar-refractivity contribution in [2.24, 2.45) is 5.92 Å². The molecule has 2 heterocycles. The number of rotatable bonds is 3. The molecule has 18 heavy (non-hydrogen) atoms. The van der Waals surface area contributed by atoms with E-state index in [1.165, 1.54) is 0 Å². The van der Waals surface area contributed by atoms with E-state index in [0.29, 0.717) is 11.5 Å². The fourth-order valence-corrected chi connectivity index (χ4v) is 2.69. The van der Waals surface area contributed by atoms with Crippen molar-refractivity contribution < 1.29 is 9.90 Å². The highest BCUT2D eigenvalue weighted by atomic mass is 16.3. The van der Waals surface area contributed by atoms with E-state index >= 15 is 0 Å². The molecular weight excluding hydrogens is 230 g/mol. The average molecular weight is 251 g/mol. The van der Waals surface area contributed by atoms with Crippen LogP contribution in [0.25, 0.3) is 0 Å². The summed E-state index contributed by atoms with van der Waals surface area (Å²) in [6, 6.07) is 0. The maximum absolute atomic E-state index is 12.5. The normalized spacial score (nSPS) is 20.2. The van der Waals surface area contributed by atoms with Crippen molar-refractivity contribution in [2.75, 3.05) is 19.7 Å². The zero-order valence-corrected chi connectivity index (χ0v) is 11.1. The van der Waals surface area contributed by atoms with E-state index in [1.54, 1.807) is 0 Å². The molecule has 1 aromatic heterocycles. The van der Waals surface area contributed by atoms with Crippen LogP contribution in [-0.2, 0) is 0 Å². The van der Waals surface area contributed by atoms with Crippen molar-refractivity contribution >= 4 is 5.91 Å². The number of aryl methyl sites for hydroxylation is 2. The number of aromatic amines is 1. The summed E-state index contributed by atoms with van der Waals surface area (Å²) in [5.74, 6) is 0.501. The van der Waals surface area contributed by atoms with Gasteiger partial charge in [0.2, 0.25) is 0 Å². The third kappa shape index (κ3) is 2.56. The first-order chi connectivity index (χ1) is 8.63. The van der Waals surface area contributed by atoms with Crippen LogP contribution in [0.1, 0.15) is 41.0 Å². The summed E-state index contributed by atoms with van der Waals surface area (Å²) >= 11 is 0. The highest BCUT2D eigenvalue weighted by Gasteiger charge is 2.26. The molecule has 1 atom stereocenters. The molecule has 1 fully saturated rings. The number of aliphatic hydroxyl groups excluding tert-OH is 1. The highest BCUT2D eigenvalue weighted by molar-refractivity contribution is 5.96. The lowest BCUT2D eigenvalue weighted by molar-refractivity contribution is 0.0652. The minimum atomic E-state index is 0.0707. The minimum absolute atomic E-state index is 0.0707. The number of piperidine rings is 1. The van der Waals surface area contributed by atoms with Crippen molar-refractivity contribution in [3.05, 3.63) is 17.0 Å². The summed E-state index contributed by atoms with van der Waals surface area (Å²) in [6.45, 7) is 5.50. The lowest BCUT2D eigenvalue weighted by atomic mass is 9.94. The van der Waals surface area contributed by atoms with Crippen LogP contribution >= 0.6 is 0 Å². The van der Waals surface area contributed by atoms with Crippen LogP contribution in [0.2, 0.25) is 0 Å². The molecule has 1 aliphatic heterocycles. The van der Waals surface area contributed by atoms with Crippen molar-refractivity contribution in [1.29, 1.82) is 0 Å². The van der Waals surface area contributed by atoms with Gasteiger partial charge in [-0.05, 0) is 39.0 Å². The van der Waals surface area contributed by atoms with Crippen LogP contribution in [0.15, 0.2) is 0 Å². The Morgan fingerprint density at radius 2 is 2.33 bits per heavy atom. The zero-order chi connectivity index (χ0) is 13.1. The SMILES string of the molecule is Cc1n[nH]c(C)c1C(=O)N1CCCC(CCO)C1. The van der Waals surface area contributed by atoms with E-state index in [4.69, 9.17) is 5.11 Å². The molecule has 1 aliphatic rings. The third-order valence-corrected chi connectivity index (χ3v) is 3.69. The van der Waals surface area contributed by atoms with Gasteiger partial charge in [0.05, 0.1) is 11.3 Å². The molecule has 1 unspecified atom stereocenters. The number of amides is 1. The Labute approximate surface area is 107 Å². The lowest BCUT2D eigenvalue weighted by Gasteiger charge is -2.32. The summed E-state index contributed by atoms with van der Waals surface area (Å²) in [6.07, 6.45) is 2.91. The molecule has 5 nitrogen and oxygen atoms in total. The first-order valence-corrected chi connectivity index (χ1v) is 6.55. The Balaban J connectivity index is 2.09. The van der Waals surface area contributed by atoms with E-state index in [-0.39, 0.29) is 12.5 Å². The predicted octanol–water partition coefficient (Wildman–Crippen LogP) is 1.26. The number of aromatic nitrogens is 2. The number of aliphatic hydroxyl groups is 1. The Morgan fingerprint density at radius 1 is 1.56 bits per heavy atom. The topological polar surface area (TPSA) is 69.2 Å². The largest absolute Gasteiger partial charge is 0.396 e. The van der Waals surface area contributed by atoms with Gasteiger partial charge in [0.15, 0.2) is 0 Å². The van der Waals surface area contributed by atoms with E-state index < -0.39 is 0 Å². The average Bonchev–Trinajstić information content (AvgIpc) is 2.69. The molecule has 0 spiro atoms. The molecule has 1 amide bonds. The number of carbonyl (C=O) groups excluding carboxylic acids is 1. The van der Waals surface area contributed by atoms with Crippen LogP contribution in [0.3, 0.4) is 0 Å². The quantitative estimate of drug-likeness (QED) is 0.849. The molecular formula is C13H21N3O2. The summed E-state index contributed by atoms with van der Waals surface area (Å²) < 4.78 is 0. The van der Waals surface area contributed by atoms with Crippen LogP contribution in [0, 0.1) is 19.8 Å². The van der Waals surface area contributed by atoms with Gasteiger partial charge in [-0.15, -0.1) is 0 Å². The highest BCUT2D eigenvalue weighted by Crippen LogP contribution is 2.22. The van der Waals surface area contributed by atoms with Gasteiger partial charge in [-0.1, -0.05) is 0 Å². The fourth-order valence-electron chi connectivity index (χ4n) is 2.69. The van der Waals surface area contributed by atoms with Gasteiger partial charge in [-0.3, -0.25) is 9.89 Å². The monoisotopic (exact) mass is 251 g/mol. The molecule has 2 N–H and O–H groups in total. The molecule has 5 heteroatoms. The second-order valence-electron chi connectivity index (χ2n) is 5.08. The third-order valence-electron chi connectivity index (χ3n) is 3.69. The predicted molar refractivity (Wildman–Crippen MR) is 68.4 cm³/mol. The van der Waals surface area contributed by atoms with Crippen LogP contribution in [-0.4, -0.2) is 45.8 Å². The molecule has 1 aromatic rings. The second kappa shape index (κ2) is 5.52. The first kappa shape index (κ1) is 13.1. The van der Waals surface area contributed by atoms with Gasteiger partial charge >= 0.3 is 0 Å². The van der Waals surface area contributed by atoms with Gasteiger partial charge < -0.3 is 10.0 Å². The van der Waals surface area contributed by atoms with Crippen LogP contribution < -0.4 is 0 Å². The smallest absolute Gasteiger partial charge is 0.257 e. The number of hydrogen-bond donors (Lipinski definition) is 2. The maximum Gasteiger partial charge on any atom is 0.257 e. The molecule has 0 radical (unpaired) electrons. The summed E-state index contributed by atoms with van der Waals surface area (Å²) in [7, 11) is 0. The minimum Gasteiger partial charge on any atom is -0.396 e. The van der Waals surface area contributed by atoms with Gasteiger partial charge in [-0.2, -0.15) is 5.10 Å². The van der Waals surface area contributed by atoms with E-state index in [1.807, 2.05) is 18.7 Å². The van der Waals surface area contributed by atoms with Crippen LogP contribution in [0.4, 0.5) is 0 Å². The summed E-state index contributed by atoms with van der Waals surface area (Å²) in [5.41, 5.74) is 2.31. The van der Waals surface area contributed by atoms with E-state index in [2.05, 4.69) is 10.2 Å². The van der Waals surface area contributed by atoms with E-state index in [9.17, 15) is 4.79 Å². The van der Waals surface area contributed by atoms with Crippen molar-refractivity contribution in [2.45, 2.75) is 33.1 Å². The Kier molecular flexibility index (Phi) is 4.01. The number of nitrogens with zero attached hydrogens (tertiary/aromatic N) is 2. The Morgan fingerprint density at radius 3 is 2.94 bits per heavy atom. The lowest BCUT2D eigenvalue weighted by Crippen LogP contribution is -2.40. The number of H-pyrrole nitrogens is 1. The zero-order valence-electron chi connectivity index (χ0n) is 11.1. The van der Waals surface area contributed by atoms with Gasteiger partial charge in [0.1, 0.15) is 0 Å². The summed E-state index contributed by atoms with van der Waals surface area (Å²) in [5, 5.41) is 15.9. The maximum atomic E-state index is 12.5. The molecule has 0 aromatic carbocycles. The van der Waals surface area contributed by atoms with Crippen molar-refractivity contribution in [3.63, 3.8) is 0 Å². The molecule has 100 valence electrons. The fraction of sp³-hybridized carbons (Fsp3) is 0.692. The number of likely N-dealkylation sites (tertiary alicyclic amines) is 1. The number of nitrogens with one attached hydrogen (secondary N) is 1. The molecule has 0 bridgehead atoms. The molecule has 0 aliphatic carbocycles. The van der Waals surface area contributed by atoms with Crippen LogP contribution in [0.5, 0.6) is 0 Å². The van der Waals surface area contributed by atoms with Gasteiger partial charge in [0, 0.05) is 25.4 Å². The van der Waals surface area contributed by atoms with Gasteiger partial charge in [0.25, 0.3) is 5.91 Å². The van der Waals surface area contributed by atoms with Crippen molar-refractivity contribution in [1.82, 2.24) is 15.1 Å². The van der Waals surface area contributed by atoms with Gasteiger partial charge in [-0.25, -0.2) is 0 Å². The number of carbonyl (C=O) groups is 1. The van der Waals surface area contributed by atoms with Crippen molar-refractivity contribution in [3.8, 4) is 0 Å². The molecule has 0 saturated carbocycles. The molecule has 2 rings (SSSR count). The number of hydrogen-bond acceptors (Lipinski definition) is 3.